The van der Waals surface area contributed by atoms with E-state index in [2.05, 4.69) is 5.32 Å². The molecule has 28 heavy (non-hydrogen) atoms. The number of guanidine groups is 1. The maximum atomic E-state index is 12.3. The van der Waals surface area contributed by atoms with Gasteiger partial charge in [-0.25, -0.2) is 13.4 Å². The lowest BCUT2D eigenvalue weighted by molar-refractivity contribution is 0.297. The van der Waals surface area contributed by atoms with Gasteiger partial charge < -0.3 is 19.7 Å². The van der Waals surface area contributed by atoms with E-state index in [4.69, 9.17) is 14.5 Å². The molecule has 2 heterocycles. The number of halogens is 1. The van der Waals surface area contributed by atoms with Gasteiger partial charge in [0.1, 0.15) is 0 Å². The van der Waals surface area contributed by atoms with Gasteiger partial charge in [0.05, 0.1) is 30.3 Å². The summed E-state index contributed by atoms with van der Waals surface area (Å²) >= 11 is 0. The molecule has 1 saturated heterocycles. The number of rotatable bonds is 3. The van der Waals surface area contributed by atoms with Crippen LogP contribution in [0.1, 0.15) is 32.8 Å². The molecule has 9 heteroatoms. The van der Waals surface area contributed by atoms with Gasteiger partial charge in [-0.3, -0.25) is 0 Å². The van der Waals surface area contributed by atoms with Gasteiger partial charge in [-0.1, -0.05) is 6.07 Å². The number of nitrogens with zero attached hydrogens (tertiary/aromatic N) is 2. The maximum absolute atomic E-state index is 12.3. The van der Waals surface area contributed by atoms with Gasteiger partial charge >= 0.3 is 0 Å². The largest absolute Gasteiger partial charge is 0.490 e. The van der Waals surface area contributed by atoms with Crippen LogP contribution in [0.15, 0.2) is 23.2 Å². The molecule has 1 aromatic carbocycles. The number of hydrogen-bond donors (Lipinski definition) is 1. The predicted octanol–water partition coefficient (Wildman–Crippen LogP) is 2.44. The van der Waals surface area contributed by atoms with E-state index < -0.39 is 14.6 Å². The summed E-state index contributed by atoms with van der Waals surface area (Å²) < 4.78 is 35.2. The van der Waals surface area contributed by atoms with E-state index in [1.807, 2.05) is 30.0 Å². The molecule has 2 aliphatic heterocycles. The van der Waals surface area contributed by atoms with Crippen LogP contribution in [0.3, 0.4) is 0 Å². The second-order valence-corrected chi connectivity index (χ2v) is 10.2. The zero-order valence-electron chi connectivity index (χ0n) is 16.7. The van der Waals surface area contributed by atoms with Crippen molar-refractivity contribution in [2.24, 2.45) is 4.99 Å². The zero-order chi connectivity index (χ0) is 19.5. The minimum atomic E-state index is -3.08. The highest BCUT2D eigenvalue weighted by atomic mass is 127. The molecule has 158 valence electrons. The van der Waals surface area contributed by atoms with E-state index >= 15 is 0 Å². The number of fused-ring (bicyclic) bond motifs is 1. The smallest absolute Gasteiger partial charge is 0.194 e. The maximum Gasteiger partial charge on any atom is 0.194 e. The normalized spacial score (nSPS) is 20.7. The average Bonchev–Trinajstić information content (AvgIpc) is 2.86. The van der Waals surface area contributed by atoms with Crippen molar-refractivity contribution in [3.63, 3.8) is 0 Å². The molecule has 0 amide bonds. The van der Waals surface area contributed by atoms with Gasteiger partial charge in [-0.05, 0) is 38.5 Å². The van der Waals surface area contributed by atoms with E-state index in [0.717, 1.165) is 36.0 Å². The minimum Gasteiger partial charge on any atom is -0.490 e. The molecule has 0 aliphatic carbocycles. The third kappa shape index (κ3) is 5.22. The van der Waals surface area contributed by atoms with Crippen molar-refractivity contribution in [1.29, 1.82) is 0 Å². The molecule has 1 fully saturated rings. The summed E-state index contributed by atoms with van der Waals surface area (Å²) in [5.41, 5.74) is 1.03. The number of hydrogen-bond acceptors (Lipinski definition) is 5. The van der Waals surface area contributed by atoms with Gasteiger partial charge in [-0.15, -0.1) is 24.0 Å². The first-order valence-corrected chi connectivity index (χ1v) is 11.1. The topological polar surface area (TPSA) is 80.2 Å². The molecule has 0 aromatic heterocycles. The summed E-state index contributed by atoms with van der Waals surface area (Å²) in [5, 5.41) is 3.29. The monoisotopic (exact) mass is 523 g/mol. The van der Waals surface area contributed by atoms with Crippen LogP contribution in [0.4, 0.5) is 0 Å². The van der Waals surface area contributed by atoms with Gasteiger partial charge in [0.25, 0.3) is 0 Å². The van der Waals surface area contributed by atoms with Crippen LogP contribution in [0.5, 0.6) is 11.5 Å². The molecular weight excluding hydrogens is 493 g/mol. The lowest BCUT2D eigenvalue weighted by Gasteiger charge is -2.39. The second kappa shape index (κ2) is 9.51. The standard InChI is InChI=1S/C19H29N3O4S.HI/c1-4-20-18(22-8-11-27(23,24)19(2,3)14-22)21-13-15-6-7-16-17(12-15)26-10-5-9-25-16;/h6-7,12H,4-5,8-11,13-14H2,1-3H3,(H,20,21);1H. The number of aliphatic imine (C=N–C) groups is 1. The van der Waals surface area contributed by atoms with Crippen molar-refractivity contribution >= 4 is 39.8 Å². The first-order valence-electron chi connectivity index (χ1n) is 9.46. The fourth-order valence-electron chi connectivity index (χ4n) is 3.22. The number of ether oxygens (including phenoxy) is 2. The molecule has 1 N–H and O–H groups in total. The van der Waals surface area contributed by atoms with E-state index in [-0.39, 0.29) is 29.7 Å². The molecule has 2 aliphatic rings. The first kappa shape index (κ1) is 23.1. The summed E-state index contributed by atoms with van der Waals surface area (Å²) in [6.45, 7) is 8.99. The quantitative estimate of drug-likeness (QED) is 0.373. The van der Waals surface area contributed by atoms with Crippen molar-refractivity contribution < 1.29 is 17.9 Å². The van der Waals surface area contributed by atoms with E-state index in [9.17, 15) is 8.42 Å². The molecule has 0 atom stereocenters. The van der Waals surface area contributed by atoms with Crippen molar-refractivity contribution in [3.8, 4) is 11.5 Å². The van der Waals surface area contributed by atoms with Crippen LogP contribution < -0.4 is 14.8 Å². The average molecular weight is 523 g/mol. The Morgan fingerprint density at radius 2 is 1.96 bits per heavy atom. The number of nitrogens with one attached hydrogen (secondary N) is 1. The Hall–Kier alpha value is -1.23. The number of sulfone groups is 1. The van der Waals surface area contributed by atoms with E-state index in [1.54, 1.807) is 13.8 Å². The molecule has 7 nitrogen and oxygen atoms in total. The van der Waals surface area contributed by atoms with Crippen LogP contribution in [-0.2, 0) is 16.4 Å². The van der Waals surface area contributed by atoms with Crippen LogP contribution in [-0.4, -0.2) is 62.6 Å². The molecule has 0 spiro atoms. The summed E-state index contributed by atoms with van der Waals surface area (Å²) in [6.07, 6.45) is 0.875. The minimum absolute atomic E-state index is 0. The summed E-state index contributed by atoms with van der Waals surface area (Å²) in [5.74, 6) is 2.42. The summed E-state index contributed by atoms with van der Waals surface area (Å²) in [6, 6.07) is 5.89. The van der Waals surface area contributed by atoms with Crippen molar-refractivity contribution in [3.05, 3.63) is 23.8 Å². The summed E-state index contributed by atoms with van der Waals surface area (Å²) in [4.78, 5) is 6.77. The molecular formula is C19H30IN3O4S. The van der Waals surface area contributed by atoms with Crippen LogP contribution in [0, 0.1) is 0 Å². The Labute approximate surface area is 184 Å². The molecule has 0 unspecified atom stereocenters. The van der Waals surface area contributed by atoms with Crippen molar-refractivity contribution in [2.75, 3.05) is 38.6 Å². The highest BCUT2D eigenvalue weighted by Gasteiger charge is 2.40. The Bertz CT molecular complexity index is 811. The lowest BCUT2D eigenvalue weighted by Crippen LogP contribution is -2.57. The van der Waals surface area contributed by atoms with Gasteiger partial charge in [0.2, 0.25) is 0 Å². The highest BCUT2D eigenvalue weighted by molar-refractivity contribution is 14.0. The Morgan fingerprint density at radius 3 is 2.64 bits per heavy atom. The lowest BCUT2D eigenvalue weighted by atomic mass is 10.2. The van der Waals surface area contributed by atoms with Crippen LogP contribution in [0.25, 0.3) is 0 Å². The van der Waals surface area contributed by atoms with Crippen LogP contribution in [0.2, 0.25) is 0 Å². The highest BCUT2D eigenvalue weighted by Crippen LogP contribution is 2.30. The van der Waals surface area contributed by atoms with Gasteiger partial charge in [0.15, 0.2) is 27.3 Å². The fourth-order valence-corrected chi connectivity index (χ4v) is 4.59. The van der Waals surface area contributed by atoms with Gasteiger partial charge in [-0.2, -0.15) is 0 Å². The predicted molar refractivity (Wildman–Crippen MR) is 122 cm³/mol. The third-order valence-electron chi connectivity index (χ3n) is 4.90. The van der Waals surface area contributed by atoms with Crippen molar-refractivity contribution in [1.82, 2.24) is 10.2 Å². The Morgan fingerprint density at radius 1 is 1.25 bits per heavy atom. The Balaban J connectivity index is 0.00000280. The van der Waals surface area contributed by atoms with Crippen molar-refractivity contribution in [2.45, 2.75) is 38.5 Å². The summed E-state index contributed by atoms with van der Waals surface area (Å²) in [7, 11) is -3.08. The third-order valence-corrected chi connectivity index (χ3v) is 7.43. The van der Waals surface area contributed by atoms with E-state index in [0.29, 0.717) is 32.8 Å². The van der Waals surface area contributed by atoms with Gasteiger partial charge in [0, 0.05) is 26.1 Å². The first-order chi connectivity index (χ1) is 12.8. The zero-order valence-corrected chi connectivity index (χ0v) is 19.9. The molecule has 0 bridgehead atoms. The molecule has 0 radical (unpaired) electrons. The molecule has 3 rings (SSSR count). The molecule has 0 saturated carbocycles. The SMILES string of the molecule is CCNC(=NCc1ccc2c(c1)OCCCO2)N1CCS(=O)(=O)C(C)(C)C1.I. The van der Waals surface area contributed by atoms with E-state index in [1.165, 1.54) is 0 Å². The fraction of sp³-hybridized carbons (Fsp3) is 0.632. The second-order valence-electron chi connectivity index (χ2n) is 7.50. The molecule has 1 aromatic rings. The van der Waals surface area contributed by atoms with Crippen LogP contribution >= 0.6 is 24.0 Å². The number of benzene rings is 1. The Kier molecular flexibility index (Phi) is 7.83.